The van der Waals surface area contributed by atoms with Crippen LogP contribution in [0.3, 0.4) is 0 Å². The zero-order valence-corrected chi connectivity index (χ0v) is 15.5. The molecule has 0 amide bonds. The first-order valence-electron chi connectivity index (χ1n) is 8.52. The standard InChI is InChI=1S/C22H23ClO3/c1-3-6-16-9-11-20(24)18(14-16)19-15-17(7-4-2)10-12-21(19)26-22(25)8-5-13-23/h3-4,9-12,14-15,24H,1-2,5-8,13H2. The molecule has 2 rings (SSSR count). The topological polar surface area (TPSA) is 46.5 Å². The summed E-state index contributed by atoms with van der Waals surface area (Å²) in [5.74, 6) is 0.616. The quantitative estimate of drug-likeness (QED) is 0.276. The summed E-state index contributed by atoms with van der Waals surface area (Å²) in [6.45, 7) is 7.51. The zero-order valence-electron chi connectivity index (χ0n) is 14.7. The van der Waals surface area contributed by atoms with Gasteiger partial charge in [-0.25, -0.2) is 0 Å². The van der Waals surface area contributed by atoms with Crippen LogP contribution in [0.15, 0.2) is 61.7 Å². The zero-order chi connectivity index (χ0) is 18.9. The normalized spacial score (nSPS) is 10.3. The number of alkyl halides is 1. The number of rotatable bonds is 9. The highest BCUT2D eigenvalue weighted by Crippen LogP contribution is 2.37. The van der Waals surface area contributed by atoms with Gasteiger partial charge in [0, 0.05) is 23.4 Å². The molecule has 0 radical (unpaired) electrons. The van der Waals surface area contributed by atoms with Crippen LogP contribution in [0.4, 0.5) is 0 Å². The Morgan fingerprint density at radius 1 is 1.04 bits per heavy atom. The number of halogens is 1. The molecule has 4 heteroatoms. The maximum absolute atomic E-state index is 12.0. The third-order valence-electron chi connectivity index (χ3n) is 3.89. The summed E-state index contributed by atoms with van der Waals surface area (Å²) in [5, 5.41) is 10.4. The van der Waals surface area contributed by atoms with Gasteiger partial charge in [-0.3, -0.25) is 4.79 Å². The Hall–Kier alpha value is -2.52. The van der Waals surface area contributed by atoms with E-state index in [1.807, 2.05) is 24.3 Å². The van der Waals surface area contributed by atoms with Crippen LogP contribution in [0.25, 0.3) is 11.1 Å². The van der Waals surface area contributed by atoms with Gasteiger partial charge in [0.1, 0.15) is 11.5 Å². The van der Waals surface area contributed by atoms with E-state index in [1.165, 1.54) is 0 Å². The predicted octanol–water partition coefficient (Wildman–Crippen LogP) is 5.44. The van der Waals surface area contributed by atoms with Crippen molar-refractivity contribution < 1.29 is 14.6 Å². The number of benzene rings is 2. The second kappa shape index (κ2) is 9.83. The van der Waals surface area contributed by atoms with Gasteiger partial charge in [-0.1, -0.05) is 24.3 Å². The van der Waals surface area contributed by atoms with Crippen molar-refractivity contribution in [3.63, 3.8) is 0 Å². The predicted molar refractivity (Wildman–Crippen MR) is 107 cm³/mol. The molecular weight excluding hydrogens is 348 g/mol. The van der Waals surface area contributed by atoms with Crippen LogP contribution in [0.2, 0.25) is 0 Å². The summed E-state index contributed by atoms with van der Waals surface area (Å²) >= 11 is 5.64. The molecule has 136 valence electrons. The molecule has 0 spiro atoms. The number of esters is 1. The molecule has 0 aromatic heterocycles. The van der Waals surface area contributed by atoms with Crippen LogP contribution in [0, 0.1) is 0 Å². The van der Waals surface area contributed by atoms with E-state index in [1.54, 1.807) is 24.3 Å². The Morgan fingerprint density at radius 3 is 2.27 bits per heavy atom. The number of hydrogen-bond donors (Lipinski definition) is 1. The highest BCUT2D eigenvalue weighted by Gasteiger charge is 2.15. The maximum Gasteiger partial charge on any atom is 0.311 e. The van der Waals surface area contributed by atoms with Gasteiger partial charge < -0.3 is 9.84 Å². The molecule has 26 heavy (non-hydrogen) atoms. The molecule has 0 bridgehead atoms. The van der Waals surface area contributed by atoms with E-state index >= 15 is 0 Å². The van der Waals surface area contributed by atoms with E-state index in [0.29, 0.717) is 42.0 Å². The van der Waals surface area contributed by atoms with Crippen molar-refractivity contribution in [3.05, 3.63) is 72.8 Å². The fourth-order valence-electron chi connectivity index (χ4n) is 2.65. The van der Waals surface area contributed by atoms with Crippen molar-refractivity contribution in [2.24, 2.45) is 0 Å². The van der Waals surface area contributed by atoms with Crippen molar-refractivity contribution in [3.8, 4) is 22.6 Å². The molecule has 0 unspecified atom stereocenters. The number of carbonyl (C=O) groups is 1. The average Bonchev–Trinajstić information content (AvgIpc) is 2.63. The molecule has 1 N–H and O–H groups in total. The number of ether oxygens (including phenoxy) is 1. The monoisotopic (exact) mass is 370 g/mol. The lowest BCUT2D eigenvalue weighted by atomic mass is 9.97. The van der Waals surface area contributed by atoms with Gasteiger partial charge in [-0.2, -0.15) is 0 Å². The van der Waals surface area contributed by atoms with Crippen LogP contribution < -0.4 is 4.74 Å². The summed E-state index contributed by atoms with van der Waals surface area (Å²) in [4.78, 5) is 12.0. The Kier molecular flexibility index (Phi) is 7.49. The number of phenolic OH excluding ortho intramolecular Hbond substituents is 1. The van der Waals surface area contributed by atoms with Crippen LogP contribution in [-0.2, 0) is 17.6 Å². The highest BCUT2D eigenvalue weighted by atomic mass is 35.5. The van der Waals surface area contributed by atoms with Crippen LogP contribution in [0.1, 0.15) is 24.0 Å². The molecule has 2 aromatic carbocycles. The third kappa shape index (κ3) is 5.24. The molecule has 0 aliphatic heterocycles. The molecule has 0 fully saturated rings. The van der Waals surface area contributed by atoms with E-state index in [9.17, 15) is 9.90 Å². The van der Waals surface area contributed by atoms with Crippen molar-refractivity contribution >= 4 is 17.6 Å². The molecule has 0 aliphatic carbocycles. The first-order chi connectivity index (χ1) is 12.6. The molecule has 3 nitrogen and oxygen atoms in total. The van der Waals surface area contributed by atoms with E-state index in [2.05, 4.69) is 13.2 Å². The van der Waals surface area contributed by atoms with Gasteiger partial charge in [-0.15, -0.1) is 24.8 Å². The number of aromatic hydroxyl groups is 1. The molecule has 0 atom stereocenters. The van der Waals surface area contributed by atoms with Gasteiger partial charge >= 0.3 is 5.97 Å². The van der Waals surface area contributed by atoms with Crippen LogP contribution in [0.5, 0.6) is 11.5 Å². The summed E-state index contributed by atoms with van der Waals surface area (Å²) in [6, 6.07) is 10.9. The van der Waals surface area contributed by atoms with E-state index in [0.717, 1.165) is 11.1 Å². The smallest absolute Gasteiger partial charge is 0.311 e. The van der Waals surface area contributed by atoms with Crippen molar-refractivity contribution in [2.75, 3.05) is 5.88 Å². The Balaban J connectivity index is 2.47. The summed E-state index contributed by atoms with van der Waals surface area (Å²) in [5.41, 5.74) is 3.33. The maximum atomic E-state index is 12.0. The minimum Gasteiger partial charge on any atom is -0.507 e. The molecule has 0 heterocycles. The Morgan fingerprint density at radius 2 is 1.65 bits per heavy atom. The molecular formula is C22H23ClO3. The van der Waals surface area contributed by atoms with Crippen molar-refractivity contribution in [2.45, 2.75) is 25.7 Å². The number of phenols is 1. The number of hydrogen-bond acceptors (Lipinski definition) is 3. The second-order valence-corrected chi connectivity index (χ2v) is 6.31. The van der Waals surface area contributed by atoms with Gasteiger partial charge in [0.15, 0.2) is 0 Å². The molecule has 0 aliphatic rings. The lowest BCUT2D eigenvalue weighted by Gasteiger charge is -2.14. The fourth-order valence-corrected chi connectivity index (χ4v) is 2.78. The van der Waals surface area contributed by atoms with Gasteiger partial charge in [0.05, 0.1) is 0 Å². The number of allylic oxidation sites excluding steroid dienone is 2. The van der Waals surface area contributed by atoms with Gasteiger partial charge in [0.2, 0.25) is 0 Å². The summed E-state index contributed by atoms with van der Waals surface area (Å²) in [6.07, 6.45) is 5.78. The Bertz CT molecular complexity index is 796. The fraction of sp³-hybridized carbons (Fsp3) is 0.227. The third-order valence-corrected chi connectivity index (χ3v) is 4.16. The van der Waals surface area contributed by atoms with Gasteiger partial charge in [-0.05, 0) is 54.7 Å². The first kappa shape index (κ1) is 19.8. The second-order valence-electron chi connectivity index (χ2n) is 5.93. The lowest BCUT2D eigenvalue weighted by molar-refractivity contribution is -0.134. The molecule has 0 saturated heterocycles. The van der Waals surface area contributed by atoms with Crippen LogP contribution >= 0.6 is 11.6 Å². The van der Waals surface area contributed by atoms with E-state index in [-0.39, 0.29) is 18.1 Å². The number of carbonyl (C=O) groups excluding carboxylic acids is 1. The SMILES string of the molecule is C=CCc1ccc(O)c(-c2cc(CC=C)ccc2OC(=O)CCCCl)c1. The van der Waals surface area contributed by atoms with E-state index in [4.69, 9.17) is 16.3 Å². The lowest BCUT2D eigenvalue weighted by Crippen LogP contribution is -2.09. The van der Waals surface area contributed by atoms with Crippen LogP contribution in [-0.4, -0.2) is 17.0 Å². The highest BCUT2D eigenvalue weighted by molar-refractivity contribution is 6.17. The minimum absolute atomic E-state index is 0.131. The molecule has 0 saturated carbocycles. The average molecular weight is 371 g/mol. The van der Waals surface area contributed by atoms with E-state index < -0.39 is 0 Å². The Labute approximate surface area is 159 Å². The summed E-state index contributed by atoms with van der Waals surface area (Å²) in [7, 11) is 0. The first-order valence-corrected chi connectivity index (χ1v) is 9.06. The summed E-state index contributed by atoms with van der Waals surface area (Å²) < 4.78 is 5.54. The van der Waals surface area contributed by atoms with Crippen molar-refractivity contribution in [1.82, 2.24) is 0 Å². The van der Waals surface area contributed by atoms with Crippen molar-refractivity contribution in [1.29, 1.82) is 0 Å². The van der Waals surface area contributed by atoms with Gasteiger partial charge in [0.25, 0.3) is 0 Å². The molecule has 2 aromatic rings. The minimum atomic E-state index is -0.342. The largest absolute Gasteiger partial charge is 0.507 e.